The van der Waals surface area contributed by atoms with Gasteiger partial charge in [0.15, 0.2) is 0 Å². The van der Waals surface area contributed by atoms with E-state index in [4.69, 9.17) is 4.74 Å². The minimum atomic E-state index is 0.575. The molecule has 0 amide bonds. The number of hydrogen-bond donors (Lipinski definition) is 0. The number of halogens is 1. The first-order valence-electron chi connectivity index (χ1n) is 6.56. The Kier molecular flexibility index (Phi) is 4.68. The average molecular weight is 290 g/mol. The molecule has 3 heteroatoms. The van der Waals surface area contributed by atoms with E-state index in [0.29, 0.717) is 5.41 Å². The number of rotatable bonds is 8. The maximum absolute atomic E-state index is 5.67. The van der Waals surface area contributed by atoms with Crippen LogP contribution in [-0.4, -0.2) is 43.6 Å². The smallest absolute Gasteiger partial charge is 0.0593 e. The second-order valence-electron chi connectivity index (χ2n) is 5.74. The molecule has 2 nitrogen and oxygen atoms in total. The summed E-state index contributed by atoms with van der Waals surface area (Å²) in [5.41, 5.74) is 0.575. The van der Waals surface area contributed by atoms with Gasteiger partial charge in [0, 0.05) is 25.0 Å². The molecule has 94 valence electrons. The lowest BCUT2D eigenvalue weighted by atomic mass is 9.70. The molecule has 0 saturated heterocycles. The van der Waals surface area contributed by atoms with Gasteiger partial charge in [-0.15, -0.1) is 0 Å². The third-order valence-electron chi connectivity index (χ3n) is 3.97. The number of nitrogens with zero attached hydrogens (tertiary/aromatic N) is 1. The molecule has 2 rings (SSSR count). The van der Waals surface area contributed by atoms with Gasteiger partial charge in [0.2, 0.25) is 0 Å². The van der Waals surface area contributed by atoms with Gasteiger partial charge < -0.3 is 9.64 Å². The summed E-state index contributed by atoms with van der Waals surface area (Å²) in [7, 11) is 2.23. The van der Waals surface area contributed by atoms with Crippen LogP contribution >= 0.6 is 15.9 Å². The zero-order chi connectivity index (χ0) is 11.4. The summed E-state index contributed by atoms with van der Waals surface area (Å²) < 4.78 is 5.67. The topological polar surface area (TPSA) is 12.5 Å². The highest BCUT2D eigenvalue weighted by atomic mass is 79.9. The van der Waals surface area contributed by atoms with Crippen molar-refractivity contribution in [1.82, 2.24) is 4.90 Å². The van der Waals surface area contributed by atoms with Crippen LogP contribution in [0.15, 0.2) is 0 Å². The fourth-order valence-electron chi connectivity index (χ4n) is 2.42. The minimum Gasteiger partial charge on any atom is -0.380 e. The van der Waals surface area contributed by atoms with Crippen molar-refractivity contribution in [2.24, 2.45) is 11.3 Å². The highest BCUT2D eigenvalue weighted by Gasteiger charge is 2.36. The van der Waals surface area contributed by atoms with Crippen LogP contribution in [0, 0.1) is 11.3 Å². The Morgan fingerprint density at radius 2 is 2.12 bits per heavy atom. The SMILES string of the molecule is CN(CCOCC1CC1)CC1(CBr)CCC1. The minimum absolute atomic E-state index is 0.575. The lowest BCUT2D eigenvalue weighted by Crippen LogP contribution is -2.43. The van der Waals surface area contributed by atoms with Gasteiger partial charge in [-0.25, -0.2) is 0 Å². The molecule has 2 aliphatic rings. The van der Waals surface area contributed by atoms with Crippen LogP contribution in [0.4, 0.5) is 0 Å². The van der Waals surface area contributed by atoms with Crippen molar-refractivity contribution in [3.8, 4) is 0 Å². The van der Waals surface area contributed by atoms with E-state index in [1.807, 2.05) is 0 Å². The van der Waals surface area contributed by atoms with E-state index in [9.17, 15) is 0 Å². The summed E-state index contributed by atoms with van der Waals surface area (Å²) in [5.74, 6) is 0.894. The van der Waals surface area contributed by atoms with Crippen LogP contribution in [0.3, 0.4) is 0 Å². The molecule has 0 aliphatic heterocycles. The van der Waals surface area contributed by atoms with Crippen molar-refractivity contribution in [2.45, 2.75) is 32.1 Å². The van der Waals surface area contributed by atoms with Gasteiger partial charge in [0.05, 0.1) is 6.61 Å². The van der Waals surface area contributed by atoms with Crippen molar-refractivity contribution in [2.75, 3.05) is 38.7 Å². The van der Waals surface area contributed by atoms with Crippen molar-refractivity contribution in [3.63, 3.8) is 0 Å². The van der Waals surface area contributed by atoms with E-state index in [2.05, 4.69) is 27.9 Å². The fraction of sp³-hybridized carbons (Fsp3) is 1.00. The van der Waals surface area contributed by atoms with E-state index in [0.717, 1.165) is 31.0 Å². The number of ether oxygens (including phenoxy) is 1. The molecule has 2 saturated carbocycles. The molecule has 0 unspecified atom stereocenters. The summed E-state index contributed by atoms with van der Waals surface area (Å²) in [6, 6.07) is 0. The molecule has 0 aromatic rings. The predicted molar refractivity (Wildman–Crippen MR) is 71.1 cm³/mol. The maximum Gasteiger partial charge on any atom is 0.0593 e. The normalized spacial score (nSPS) is 23.4. The Balaban J connectivity index is 1.54. The second kappa shape index (κ2) is 5.83. The summed E-state index contributed by atoms with van der Waals surface area (Å²) in [4.78, 5) is 2.44. The predicted octanol–water partition coefficient (Wildman–Crippen LogP) is 2.91. The summed E-state index contributed by atoms with van der Waals surface area (Å²) >= 11 is 3.66. The van der Waals surface area contributed by atoms with Crippen LogP contribution in [-0.2, 0) is 4.74 Å². The molecule has 0 aromatic carbocycles. The first-order chi connectivity index (χ1) is 7.74. The highest BCUT2D eigenvalue weighted by molar-refractivity contribution is 9.09. The molecular formula is C13H24BrNO. The van der Waals surface area contributed by atoms with Gasteiger partial charge in [0.1, 0.15) is 0 Å². The van der Waals surface area contributed by atoms with Gasteiger partial charge >= 0.3 is 0 Å². The molecule has 0 radical (unpaired) electrons. The van der Waals surface area contributed by atoms with E-state index in [-0.39, 0.29) is 0 Å². The van der Waals surface area contributed by atoms with Gasteiger partial charge in [-0.3, -0.25) is 0 Å². The van der Waals surface area contributed by atoms with Crippen molar-refractivity contribution in [1.29, 1.82) is 0 Å². The molecule has 0 bridgehead atoms. The molecule has 0 atom stereocenters. The Labute approximate surface area is 108 Å². The van der Waals surface area contributed by atoms with Crippen LogP contribution in [0.5, 0.6) is 0 Å². The zero-order valence-electron chi connectivity index (χ0n) is 10.4. The van der Waals surface area contributed by atoms with Crippen LogP contribution in [0.1, 0.15) is 32.1 Å². The molecule has 16 heavy (non-hydrogen) atoms. The lowest BCUT2D eigenvalue weighted by molar-refractivity contribution is 0.0672. The highest BCUT2D eigenvalue weighted by Crippen LogP contribution is 2.42. The fourth-order valence-corrected chi connectivity index (χ4v) is 3.16. The first kappa shape index (κ1) is 12.8. The number of likely N-dealkylation sites (N-methyl/N-ethyl adjacent to an activating group) is 1. The Morgan fingerprint density at radius 1 is 1.38 bits per heavy atom. The Morgan fingerprint density at radius 3 is 2.62 bits per heavy atom. The van der Waals surface area contributed by atoms with E-state index in [1.165, 1.54) is 38.6 Å². The van der Waals surface area contributed by atoms with E-state index >= 15 is 0 Å². The summed E-state index contributed by atoms with van der Waals surface area (Å²) in [6.45, 7) is 4.22. The molecule has 0 N–H and O–H groups in total. The third-order valence-corrected chi connectivity index (χ3v) is 5.16. The monoisotopic (exact) mass is 289 g/mol. The standard InChI is InChI=1S/C13H24BrNO/c1-15(7-8-16-9-12-3-4-12)11-13(10-14)5-2-6-13/h12H,2-11H2,1H3. The summed E-state index contributed by atoms with van der Waals surface area (Å²) in [6.07, 6.45) is 6.99. The number of alkyl halides is 1. The third kappa shape index (κ3) is 3.71. The summed E-state index contributed by atoms with van der Waals surface area (Å²) in [5, 5.41) is 1.16. The van der Waals surface area contributed by atoms with Crippen molar-refractivity contribution in [3.05, 3.63) is 0 Å². The largest absolute Gasteiger partial charge is 0.380 e. The molecule has 0 spiro atoms. The number of hydrogen-bond acceptors (Lipinski definition) is 2. The molecule has 0 heterocycles. The van der Waals surface area contributed by atoms with Gasteiger partial charge in [-0.2, -0.15) is 0 Å². The first-order valence-corrected chi connectivity index (χ1v) is 7.68. The maximum atomic E-state index is 5.67. The molecule has 2 aliphatic carbocycles. The van der Waals surface area contributed by atoms with Crippen molar-refractivity contribution < 1.29 is 4.74 Å². The van der Waals surface area contributed by atoms with Crippen molar-refractivity contribution >= 4 is 15.9 Å². The molecule has 2 fully saturated rings. The molecule has 0 aromatic heterocycles. The van der Waals surface area contributed by atoms with Crippen LogP contribution in [0.2, 0.25) is 0 Å². The van der Waals surface area contributed by atoms with Crippen LogP contribution < -0.4 is 0 Å². The second-order valence-corrected chi connectivity index (χ2v) is 6.30. The Hall–Kier alpha value is 0.400. The Bertz CT molecular complexity index is 208. The van der Waals surface area contributed by atoms with Gasteiger partial charge in [-0.05, 0) is 44.1 Å². The van der Waals surface area contributed by atoms with Gasteiger partial charge in [0.25, 0.3) is 0 Å². The average Bonchev–Trinajstić information content (AvgIpc) is 3.02. The quantitative estimate of drug-likeness (QED) is 0.503. The zero-order valence-corrected chi connectivity index (χ0v) is 12.0. The van der Waals surface area contributed by atoms with Gasteiger partial charge in [-0.1, -0.05) is 22.4 Å². The lowest BCUT2D eigenvalue weighted by Gasteiger charge is -2.43. The van der Waals surface area contributed by atoms with E-state index < -0.39 is 0 Å². The van der Waals surface area contributed by atoms with E-state index in [1.54, 1.807) is 0 Å². The molecular weight excluding hydrogens is 266 g/mol. The van der Waals surface area contributed by atoms with Crippen LogP contribution in [0.25, 0.3) is 0 Å².